The molecule has 1 aliphatic rings. The molecule has 0 saturated heterocycles. The fourth-order valence-electron chi connectivity index (χ4n) is 3.05. The van der Waals surface area contributed by atoms with Crippen molar-refractivity contribution in [3.05, 3.63) is 58.7 Å². The Kier molecular flexibility index (Phi) is 5.56. The molecule has 26 heavy (non-hydrogen) atoms. The smallest absolute Gasteiger partial charge is 0.164 e. The average molecular weight is 375 g/mol. The van der Waals surface area contributed by atoms with E-state index < -0.39 is 9.84 Å². The Morgan fingerprint density at radius 1 is 0.923 bits per heavy atom. The number of aryl methyl sites for hydroxylation is 2. The first-order chi connectivity index (χ1) is 12.4. The van der Waals surface area contributed by atoms with E-state index in [-0.39, 0.29) is 11.0 Å². The quantitative estimate of drug-likeness (QED) is 0.770. The fourth-order valence-corrected chi connectivity index (χ4v) is 4.04. The molecule has 1 aliphatic heterocycles. The Morgan fingerprint density at radius 2 is 1.58 bits per heavy atom. The summed E-state index contributed by atoms with van der Waals surface area (Å²) in [5.74, 6) is 1.79. The highest BCUT2D eigenvalue weighted by Crippen LogP contribution is 2.35. The highest BCUT2D eigenvalue weighted by Gasteiger charge is 2.17. The van der Waals surface area contributed by atoms with E-state index in [1.165, 1.54) is 11.1 Å². The number of benzene rings is 2. The molecule has 0 N–H and O–H groups in total. The molecule has 140 valence electrons. The van der Waals surface area contributed by atoms with Crippen LogP contribution in [0.3, 0.4) is 0 Å². The normalized spacial score (nSPS) is 13.8. The van der Waals surface area contributed by atoms with Crippen LogP contribution >= 0.6 is 0 Å². The van der Waals surface area contributed by atoms with Gasteiger partial charge in [-0.25, -0.2) is 8.42 Å². The fraction of sp³-hybridized carbons (Fsp3) is 0.429. The van der Waals surface area contributed by atoms with E-state index in [2.05, 4.69) is 13.0 Å². The lowest BCUT2D eigenvalue weighted by atomic mass is 9.99. The Balaban J connectivity index is 1.65. The maximum Gasteiger partial charge on any atom is 0.164 e. The lowest BCUT2D eigenvalue weighted by Crippen LogP contribution is -2.16. The molecule has 0 saturated carbocycles. The maximum absolute atomic E-state index is 12.0. The second-order valence-corrected chi connectivity index (χ2v) is 9.60. The summed E-state index contributed by atoms with van der Waals surface area (Å²) in [6.07, 6.45) is 1.81. The second kappa shape index (κ2) is 7.70. The minimum Gasteiger partial charge on any atom is -0.486 e. The largest absolute Gasteiger partial charge is 0.486 e. The van der Waals surface area contributed by atoms with Gasteiger partial charge in [0.25, 0.3) is 0 Å². The minimum atomic E-state index is -3.06. The number of rotatable bonds is 6. The predicted octanol–water partition coefficient (Wildman–Crippen LogP) is 3.87. The third-order valence-corrected chi connectivity index (χ3v) is 7.03. The molecule has 1 heterocycles. The number of hydrogen-bond acceptors (Lipinski definition) is 4. The molecule has 2 aromatic carbocycles. The molecule has 3 rings (SSSR count). The summed E-state index contributed by atoms with van der Waals surface area (Å²) in [4.78, 5) is 0. The SMILES string of the molecule is Cc1c(CCc2ccc(CS(=O)(=O)C(C)C)cc2)ccc2c1OCCO2. The van der Waals surface area contributed by atoms with Gasteiger partial charge in [-0.3, -0.25) is 0 Å². The van der Waals surface area contributed by atoms with Crippen molar-refractivity contribution in [2.75, 3.05) is 13.2 Å². The van der Waals surface area contributed by atoms with Gasteiger partial charge < -0.3 is 9.47 Å². The number of fused-ring (bicyclic) bond motifs is 1. The highest BCUT2D eigenvalue weighted by atomic mass is 32.2. The van der Waals surface area contributed by atoms with Crippen LogP contribution < -0.4 is 9.47 Å². The van der Waals surface area contributed by atoms with Gasteiger partial charge in [0, 0.05) is 0 Å². The van der Waals surface area contributed by atoms with Crippen LogP contribution in [-0.4, -0.2) is 26.9 Å². The van der Waals surface area contributed by atoms with Crippen molar-refractivity contribution < 1.29 is 17.9 Å². The molecule has 0 spiro atoms. The first-order valence-electron chi connectivity index (χ1n) is 9.04. The van der Waals surface area contributed by atoms with E-state index in [0.717, 1.165) is 35.5 Å². The van der Waals surface area contributed by atoms with Crippen molar-refractivity contribution in [1.29, 1.82) is 0 Å². The second-order valence-electron chi connectivity index (χ2n) is 7.05. The molecule has 0 aliphatic carbocycles. The number of sulfone groups is 1. The van der Waals surface area contributed by atoms with Crippen LogP contribution in [0.4, 0.5) is 0 Å². The van der Waals surface area contributed by atoms with Gasteiger partial charge in [0.15, 0.2) is 21.3 Å². The monoisotopic (exact) mass is 374 g/mol. The first-order valence-corrected chi connectivity index (χ1v) is 10.8. The van der Waals surface area contributed by atoms with Crippen molar-refractivity contribution in [2.45, 2.75) is 44.6 Å². The zero-order chi connectivity index (χ0) is 18.7. The maximum atomic E-state index is 12.0. The summed E-state index contributed by atoms with van der Waals surface area (Å²) < 4.78 is 35.4. The van der Waals surface area contributed by atoms with Crippen molar-refractivity contribution in [3.63, 3.8) is 0 Å². The summed E-state index contributed by atoms with van der Waals surface area (Å²) in [6.45, 7) is 6.71. The average Bonchev–Trinajstić information content (AvgIpc) is 2.62. The van der Waals surface area contributed by atoms with E-state index in [0.29, 0.717) is 13.2 Å². The third-order valence-electron chi connectivity index (χ3n) is 4.86. The zero-order valence-electron chi connectivity index (χ0n) is 15.6. The molecular weight excluding hydrogens is 348 g/mol. The molecule has 5 heteroatoms. The molecule has 0 fully saturated rings. The van der Waals surface area contributed by atoms with Crippen LogP contribution in [0.2, 0.25) is 0 Å². The number of hydrogen-bond donors (Lipinski definition) is 0. The van der Waals surface area contributed by atoms with Crippen LogP contribution in [0.5, 0.6) is 11.5 Å². The summed E-state index contributed by atoms with van der Waals surface area (Å²) in [7, 11) is -3.06. The lowest BCUT2D eigenvalue weighted by Gasteiger charge is -2.21. The standard InChI is InChI=1S/C21H26O4S/c1-15(2)26(22,23)14-18-6-4-17(5-7-18)8-9-19-10-11-20-21(16(19)3)25-13-12-24-20/h4-7,10-11,15H,8-9,12-14H2,1-3H3. The summed E-state index contributed by atoms with van der Waals surface area (Å²) in [5.41, 5.74) is 4.44. The molecular formula is C21H26O4S. The molecule has 4 nitrogen and oxygen atoms in total. The molecule has 0 bridgehead atoms. The van der Waals surface area contributed by atoms with E-state index in [1.807, 2.05) is 30.3 Å². The van der Waals surface area contributed by atoms with Crippen LogP contribution in [0.1, 0.15) is 36.1 Å². The van der Waals surface area contributed by atoms with E-state index in [9.17, 15) is 8.42 Å². The van der Waals surface area contributed by atoms with E-state index in [4.69, 9.17) is 9.47 Å². The molecule has 2 aromatic rings. The predicted molar refractivity (Wildman–Crippen MR) is 104 cm³/mol. The first kappa shape index (κ1) is 18.8. The van der Waals surface area contributed by atoms with Gasteiger partial charge in [0.05, 0.1) is 11.0 Å². The van der Waals surface area contributed by atoms with Crippen LogP contribution in [0.25, 0.3) is 0 Å². The van der Waals surface area contributed by atoms with Gasteiger partial charge in [-0.2, -0.15) is 0 Å². The highest BCUT2D eigenvalue weighted by molar-refractivity contribution is 7.91. The van der Waals surface area contributed by atoms with Crippen molar-refractivity contribution in [3.8, 4) is 11.5 Å². The van der Waals surface area contributed by atoms with Crippen LogP contribution in [0, 0.1) is 6.92 Å². The summed E-state index contributed by atoms with van der Waals surface area (Å²) in [6, 6.07) is 12.0. The Morgan fingerprint density at radius 3 is 2.27 bits per heavy atom. The van der Waals surface area contributed by atoms with Gasteiger partial charge in [-0.15, -0.1) is 0 Å². The van der Waals surface area contributed by atoms with Gasteiger partial charge in [-0.1, -0.05) is 30.3 Å². The van der Waals surface area contributed by atoms with E-state index in [1.54, 1.807) is 13.8 Å². The molecule has 0 aromatic heterocycles. The van der Waals surface area contributed by atoms with Crippen molar-refractivity contribution >= 4 is 9.84 Å². The topological polar surface area (TPSA) is 52.6 Å². The molecule has 0 radical (unpaired) electrons. The van der Waals surface area contributed by atoms with Crippen LogP contribution in [-0.2, 0) is 28.4 Å². The zero-order valence-corrected chi connectivity index (χ0v) is 16.4. The third kappa shape index (κ3) is 4.21. The van der Waals surface area contributed by atoms with Crippen LogP contribution in [0.15, 0.2) is 36.4 Å². The van der Waals surface area contributed by atoms with Gasteiger partial charge in [0.2, 0.25) is 0 Å². The molecule has 0 unspecified atom stereocenters. The van der Waals surface area contributed by atoms with Crippen molar-refractivity contribution in [1.82, 2.24) is 0 Å². The Bertz CT molecular complexity index is 868. The summed E-state index contributed by atoms with van der Waals surface area (Å²) in [5, 5.41) is -0.347. The van der Waals surface area contributed by atoms with E-state index >= 15 is 0 Å². The Hall–Kier alpha value is -2.01. The number of ether oxygens (including phenoxy) is 2. The minimum absolute atomic E-state index is 0.103. The van der Waals surface area contributed by atoms with Gasteiger partial charge in [-0.05, 0) is 61.9 Å². The molecule has 0 amide bonds. The lowest BCUT2D eigenvalue weighted by molar-refractivity contribution is 0.170. The van der Waals surface area contributed by atoms with Crippen molar-refractivity contribution in [2.24, 2.45) is 0 Å². The van der Waals surface area contributed by atoms with Gasteiger partial charge >= 0.3 is 0 Å². The summed E-state index contributed by atoms with van der Waals surface area (Å²) >= 11 is 0. The van der Waals surface area contributed by atoms with Gasteiger partial charge in [0.1, 0.15) is 13.2 Å². The molecule has 0 atom stereocenters. The Labute approximate surface area is 156 Å².